The van der Waals surface area contributed by atoms with Gasteiger partial charge in [-0.1, -0.05) is 19.9 Å². The molecule has 1 atom stereocenters. The molecule has 1 N–H and O–H groups in total. The van der Waals surface area contributed by atoms with Gasteiger partial charge >= 0.3 is 6.09 Å². The van der Waals surface area contributed by atoms with Crippen molar-refractivity contribution < 1.29 is 19.0 Å². The monoisotopic (exact) mass is 315 g/mol. The molecule has 0 saturated carbocycles. The predicted molar refractivity (Wildman–Crippen MR) is 82.4 cm³/mol. The largest absolute Gasteiger partial charge is 0.493 e. The van der Waals surface area contributed by atoms with Gasteiger partial charge in [0.15, 0.2) is 11.5 Å². The van der Waals surface area contributed by atoms with Crippen molar-refractivity contribution in [3.8, 4) is 11.5 Å². The van der Waals surface area contributed by atoms with Gasteiger partial charge in [0.2, 0.25) is 0 Å². The summed E-state index contributed by atoms with van der Waals surface area (Å²) >= 11 is 0. The number of cyclic esters (lactones) is 1. The molecule has 0 unspecified atom stereocenters. The summed E-state index contributed by atoms with van der Waals surface area (Å²) < 4.78 is 15.9. The van der Waals surface area contributed by atoms with E-state index in [2.05, 4.69) is 19.2 Å². The van der Waals surface area contributed by atoms with Crippen LogP contribution in [0.5, 0.6) is 11.5 Å². The molecule has 1 aliphatic heterocycles. The molecule has 0 bridgehead atoms. The molecule has 0 aromatic heterocycles. The van der Waals surface area contributed by atoms with Crippen LogP contribution < -0.4 is 14.8 Å². The van der Waals surface area contributed by atoms with E-state index in [0.29, 0.717) is 24.7 Å². The third-order valence-electron chi connectivity index (χ3n) is 3.44. The van der Waals surface area contributed by atoms with Crippen molar-refractivity contribution in [2.75, 3.05) is 20.3 Å². The first kappa shape index (κ1) is 17.4. The third-order valence-corrected chi connectivity index (χ3v) is 3.44. The molecule has 1 fully saturated rings. The van der Waals surface area contributed by atoms with E-state index < -0.39 is 0 Å². The number of alkyl carbamates (subject to hydrolysis) is 1. The zero-order valence-electron chi connectivity index (χ0n) is 12.8. The predicted octanol–water partition coefficient (Wildman–Crippen LogP) is 3.32. The molecule has 118 valence electrons. The highest BCUT2D eigenvalue weighted by Crippen LogP contribution is 2.39. The number of ether oxygens (including phenoxy) is 3. The molecule has 5 nitrogen and oxygen atoms in total. The van der Waals surface area contributed by atoms with Crippen molar-refractivity contribution in [2.45, 2.75) is 26.8 Å². The van der Waals surface area contributed by atoms with Gasteiger partial charge in [0.1, 0.15) is 6.61 Å². The fourth-order valence-electron chi connectivity index (χ4n) is 2.37. The summed E-state index contributed by atoms with van der Waals surface area (Å²) in [6.07, 6.45) is -0.386. The maximum atomic E-state index is 11.5. The van der Waals surface area contributed by atoms with Crippen molar-refractivity contribution >= 4 is 18.5 Å². The van der Waals surface area contributed by atoms with Crippen LogP contribution in [0.25, 0.3) is 0 Å². The highest BCUT2D eigenvalue weighted by atomic mass is 35.5. The second kappa shape index (κ2) is 6.89. The second-order valence-corrected chi connectivity index (χ2v) is 5.49. The van der Waals surface area contributed by atoms with Crippen LogP contribution in [0.4, 0.5) is 4.79 Å². The zero-order valence-corrected chi connectivity index (χ0v) is 13.6. The van der Waals surface area contributed by atoms with E-state index in [0.717, 1.165) is 5.56 Å². The third kappa shape index (κ3) is 3.73. The molecule has 0 aliphatic carbocycles. The van der Waals surface area contributed by atoms with Crippen molar-refractivity contribution in [3.05, 3.63) is 23.8 Å². The first-order valence-corrected chi connectivity index (χ1v) is 6.72. The van der Waals surface area contributed by atoms with Gasteiger partial charge in [-0.2, -0.15) is 0 Å². The van der Waals surface area contributed by atoms with Gasteiger partial charge in [0.05, 0.1) is 19.8 Å². The Morgan fingerprint density at radius 3 is 2.71 bits per heavy atom. The van der Waals surface area contributed by atoms with Crippen LogP contribution in [0, 0.1) is 5.41 Å². The Balaban J connectivity index is 0.00000220. The Hall–Kier alpha value is -1.62. The van der Waals surface area contributed by atoms with E-state index in [1.807, 2.05) is 25.1 Å². The van der Waals surface area contributed by atoms with Gasteiger partial charge in [-0.15, -0.1) is 12.4 Å². The number of benzene rings is 1. The molecule has 1 heterocycles. The summed E-state index contributed by atoms with van der Waals surface area (Å²) in [5, 5.41) is 2.87. The van der Waals surface area contributed by atoms with Crippen molar-refractivity contribution in [2.24, 2.45) is 5.41 Å². The topological polar surface area (TPSA) is 56.8 Å². The maximum Gasteiger partial charge on any atom is 0.407 e. The van der Waals surface area contributed by atoms with E-state index in [1.165, 1.54) is 0 Å². The average Bonchev–Trinajstić information content (AvgIpc) is 2.42. The number of carbonyl (C=O) groups excluding carboxylic acids is 1. The second-order valence-electron chi connectivity index (χ2n) is 5.49. The SMILES string of the molecule is CCOc1cc([C@H]2NC(=O)OCC2(C)C)ccc1OC.Cl. The van der Waals surface area contributed by atoms with Crippen LogP contribution in [0.2, 0.25) is 0 Å². The first-order valence-electron chi connectivity index (χ1n) is 6.72. The van der Waals surface area contributed by atoms with Crippen molar-refractivity contribution in [1.82, 2.24) is 5.32 Å². The molecular weight excluding hydrogens is 294 g/mol. The number of halogens is 1. The molecule has 2 rings (SSSR count). The minimum Gasteiger partial charge on any atom is -0.493 e. The zero-order chi connectivity index (χ0) is 14.8. The molecule has 1 aromatic rings. The van der Waals surface area contributed by atoms with Gasteiger partial charge in [0, 0.05) is 5.41 Å². The van der Waals surface area contributed by atoms with Gasteiger partial charge in [-0.3, -0.25) is 0 Å². The Bertz CT molecular complexity index is 504. The summed E-state index contributed by atoms with van der Waals surface area (Å²) in [6, 6.07) is 5.60. The van der Waals surface area contributed by atoms with Crippen LogP contribution in [-0.4, -0.2) is 26.4 Å². The molecule has 1 saturated heterocycles. The van der Waals surface area contributed by atoms with Crippen LogP contribution in [-0.2, 0) is 4.74 Å². The number of hydrogen-bond acceptors (Lipinski definition) is 4. The highest BCUT2D eigenvalue weighted by Gasteiger charge is 2.38. The Kier molecular flexibility index (Phi) is 5.72. The summed E-state index contributed by atoms with van der Waals surface area (Å²) in [6.45, 7) is 6.98. The number of rotatable bonds is 4. The maximum absolute atomic E-state index is 11.5. The smallest absolute Gasteiger partial charge is 0.407 e. The lowest BCUT2D eigenvalue weighted by molar-refractivity contribution is 0.0386. The van der Waals surface area contributed by atoms with Crippen molar-refractivity contribution in [1.29, 1.82) is 0 Å². The van der Waals surface area contributed by atoms with E-state index in [-0.39, 0.29) is 30.0 Å². The highest BCUT2D eigenvalue weighted by molar-refractivity contribution is 5.85. The Morgan fingerprint density at radius 2 is 2.10 bits per heavy atom. The van der Waals surface area contributed by atoms with Gasteiger partial charge in [0.25, 0.3) is 0 Å². The van der Waals surface area contributed by atoms with Gasteiger partial charge < -0.3 is 19.5 Å². The summed E-state index contributed by atoms with van der Waals surface area (Å²) in [5.74, 6) is 1.37. The molecule has 1 aromatic carbocycles. The fraction of sp³-hybridized carbons (Fsp3) is 0.533. The van der Waals surface area contributed by atoms with Crippen LogP contribution >= 0.6 is 12.4 Å². The normalized spacial score (nSPS) is 19.8. The quantitative estimate of drug-likeness (QED) is 0.926. The van der Waals surface area contributed by atoms with E-state index in [4.69, 9.17) is 14.2 Å². The summed E-state index contributed by atoms with van der Waals surface area (Å²) in [5.41, 5.74) is 0.794. The number of hydrogen-bond donors (Lipinski definition) is 1. The van der Waals surface area contributed by atoms with E-state index in [1.54, 1.807) is 7.11 Å². The summed E-state index contributed by atoms with van der Waals surface area (Å²) in [4.78, 5) is 11.5. The molecule has 1 aliphatic rings. The Morgan fingerprint density at radius 1 is 1.38 bits per heavy atom. The Labute approximate surface area is 131 Å². The number of methoxy groups -OCH3 is 1. The standard InChI is InChI=1S/C15H21NO4.ClH/c1-5-19-12-8-10(6-7-11(12)18-4)13-15(2,3)9-20-14(17)16-13;/h6-8,13H,5,9H2,1-4H3,(H,16,17);1H/t13-;/m1./s1. The minimum atomic E-state index is -0.386. The van der Waals surface area contributed by atoms with E-state index in [9.17, 15) is 4.79 Å². The van der Waals surface area contributed by atoms with Crippen LogP contribution in [0.15, 0.2) is 18.2 Å². The van der Waals surface area contributed by atoms with Gasteiger partial charge in [-0.05, 0) is 24.6 Å². The molecule has 1 amide bonds. The van der Waals surface area contributed by atoms with Gasteiger partial charge in [-0.25, -0.2) is 4.79 Å². The lowest BCUT2D eigenvalue weighted by Gasteiger charge is -2.38. The molecule has 21 heavy (non-hydrogen) atoms. The lowest BCUT2D eigenvalue weighted by Crippen LogP contribution is -2.46. The van der Waals surface area contributed by atoms with Crippen LogP contribution in [0.1, 0.15) is 32.4 Å². The van der Waals surface area contributed by atoms with Crippen molar-refractivity contribution in [3.63, 3.8) is 0 Å². The van der Waals surface area contributed by atoms with Crippen LogP contribution in [0.3, 0.4) is 0 Å². The summed E-state index contributed by atoms with van der Waals surface area (Å²) in [7, 11) is 1.61. The minimum absolute atomic E-state index is 0. The molecule has 0 spiro atoms. The van der Waals surface area contributed by atoms with E-state index >= 15 is 0 Å². The molecule has 0 radical (unpaired) electrons. The first-order chi connectivity index (χ1) is 9.47. The fourth-order valence-corrected chi connectivity index (χ4v) is 2.37. The number of carbonyl (C=O) groups is 1. The molecule has 6 heteroatoms. The number of amides is 1. The molecular formula is C15H22ClNO4. The number of nitrogens with one attached hydrogen (secondary N) is 1. The lowest BCUT2D eigenvalue weighted by atomic mass is 9.80. The average molecular weight is 316 g/mol.